The van der Waals surface area contributed by atoms with Gasteiger partial charge in [-0.2, -0.15) is 5.10 Å². The van der Waals surface area contributed by atoms with Gasteiger partial charge in [-0.3, -0.25) is 14.8 Å². The van der Waals surface area contributed by atoms with E-state index in [-0.39, 0.29) is 23.1 Å². The fourth-order valence-electron chi connectivity index (χ4n) is 4.74. The molecule has 0 bridgehead atoms. The number of urea groups is 1. The van der Waals surface area contributed by atoms with Crippen LogP contribution >= 0.6 is 0 Å². The van der Waals surface area contributed by atoms with Crippen molar-refractivity contribution in [2.24, 2.45) is 7.05 Å². The van der Waals surface area contributed by atoms with E-state index >= 15 is 0 Å². The summed E-state index contributed by atoms with van der Waals surface area (Å²) in [5.41, 5.74) is 2.44. The molecule has 0 unspecified atom stereocenters. The number of aromatic nitrogens is 3. The zero-order valence-electron chi connectivity index (χ0n) is 22.5. The number of halogens is 1. The lowest BCUT2D eigenvalue weighted by Gasteiger charge is -2.32. The van der Waals surface area contributed by atoms with Gasteiger partial charge < -0.3 is 19.9 Å². The summed E-state index contributed by atoms with van der Waals surface area (Å²) in [4.78, 5) is 30.7. The van der Waals surface area contributed by atoms with Crippen molar-refractivity contribution < 1.29 is 18.7 Å². The molecule has 0 spiro atoms. The topological polar surface area (TPSA) is 104 Å². The van der Waals surface area contributed by atoms with E-state index < -0.39 is 11.8 Å². The molecular weight excluding hydrogens is 499 g/mol. The van der Waals surface area contributed by atoms with Gasteiger partial charge in [0.15, 0.2) is 0 Å². The predicted molar refractivity (Wildman–Crippen MR) is 149 cm³/mol. The number of nitrogens with zero attached hydrogens (tertiary/aromatic N) is 3. The van der Waals surface area contributed by atoms with Gasteiger partial charge in [0.2, 0.25) is 0 Å². The molecule has 3 N–H and O–H groups in total. The van der Waals surface area contributed by atoms with Gasteiger partial charge >= 0.3 is 6.03 Å². The van der Waals surface area contributed by atoms with E-state index in [0.717, 1.165) is 16.6 Å². The van der Waals surface area contributed by atoms with E-state index in [1.54, 1.807) is 17.8 Å². The Morgan fingerprint density at radius 2 is 1.85 bits per heavy atom. The van der Waals surface area contributed by atoms with Crippen molar-refractivity contribution in [2.45, 2.75) is 45.1 Å². The second-order valence-electron chi connectivity index (χ2n) is 10.9. The maximum atomic E-state index is 14.4. The number of likely N-dealkylation sites (tertiary alicyclic amines) is 1. The number of nitrogens with one attached hydrogen (secondary N) is 3. The SMILES string of the molecule is Cn1nc(C(C)(C)C)cc1NC(=O)Nc1cc(F)cc(OC2CCN(C(=O)c3cccc4cc[nH]c34)CC2)c1. The summed E-state index contributed by atoms with van der Waals surface area (Å²) in [7, 11) is 1.75. The molecular formula is C29H33FN6O3. The Morgan fingerprint density at radius 1 is 1.08 bits per heavy atom. The van der Waals surface area contributed by atoms with Crippen molar-refractivity contribution in [1.29, 1.82) is 0 Å². The molecule has 10 heteroatoms. The second kappa shape index (κ2) is 10.4. The number of anilines is 2. The molecule has 39 heavy (non-hydrogen) atoms. The Labute approximate surface area is 226 Å². The van der Waals surface area contributed by atoms with Crippen LogP contribution in [0.1, 0.15) is 49.7 Å². The van der Waals surface area contributed by atoms with Gasteiger partial charge in [-0.25, -0.2) is 9.18 Å². The van der Waals surface area contributed by atoms with Crippen LogP contribution in [0.3, 0.4) is 0 Å². The number of carbonyl (C=O) groups excluding carboxylic acids is 2. The molecule has 0 atom stereocenters. The standard InChI is InChI=1S/C29H33FN6O3/c1-29(2,3)24-17-25(35(4)34-24)33-28(38)32-20-14-19(30)15-22(16-20)39-21-9-12-36(13-10-21)27(37)23-7-5-6-18-8-11-31-26(18)23/h5-8,11,14-17,21,31H,9-10,12-13H2,1-4H3,(H2,32,33,38). The Hall–Kier alpha value is -4.34. The summed E-state index contributed by atoms with van der Waals surface area (Å²) < 4.78 is 22.0. The minimum atomic E-state index is -0.523. The van der Waals surface area contributed by atoms with Gasteiger partial charge in [-0.05, 0) is 18.2 Å². The molecule has 0 aliphatic carbocycles. The summed E-state index contributed by atoms with van der Waals surface area (Å²) in [5.74, 6) is 0.304. The maximum absolute atomic E-state index is 14.4. The summed E-state index contributed by atoms with van der Waals surface area (Å²) >= 11 is 0. The van der Waals surface area contributed by atoms with Crippen LogP contribution in [0.2, 0.25) is 0 Å². The molecule has 5 rings (SSSR count). The van der Waals surface area contributed by atoms with Crippen molar-refractivity contribution in [3.63, 3.8) is 0 Å². The van der Waals surface area contributed by atoms with Crippen LogP contribution in [0.15, 0.2) is 54.7 Å². The minimum Gasteiger partial charge on any atom is -0.490 e. The average molecular weight is 533 g/mol. The number of H-pyrrole nitrogens is 1. The highest BCUT2D eigenvalue weighted by Crippen LogP contribution is 2.27. The first-order chi connectivity index (χ1) is 18.6. The molecule has 9 nitrogen and oxygen atoms in total. The Balaban J connectivity index is 1.18. The lowest BCUT2D eigenvalue weighted by atomic mass is 9.92. The number of hydrogen-bond acceptors (Lipinski definition) is 4. The van der Waals surface area contributed by atoms with E-state index in [1.807, 2.05) is 62.2 Å². The lowest BCUT2D eigenvalue weighted by Crippen LogP contribution is -2.41. The molecule has 1 aliphatic rings. The van der Waals surface area contributed by atoms with E-state index in [4.69, 9.17) is 4.74 Å². The van der Waals surface area contributed by atoms with Crippen molar-refractivity contribution in [2.75, 3.05) is 23.7 Å². The third-order valence-electron chi connectivity index (χ3n) is 6.87. The summed E-state index contributed by atoms with van der Waals surface area (Å²) in [6.45, 7) is 7.19. The number of piperidine rings is 1. The van der Waals surface area contributed by atoms with Crippen LogP contribution in [0, 0.1) is 5.82 Å². The molecule has 204 valence electrons. The first kappa shape index (κ1) is 26.3. The summed E-state index contributed by atoms with van der Waals surface area (Å²) in [5, 5.41) is 10.9. The Morgan fingerprint density at radius 3 is 2.56 bits per heavy atom. The first-order valence-electron chi connectivity index (χ1n) is 13.0. The van der Waals surface area contributed by atoms with Crippen LogP contribution < -0.4 is 15.4 Å². The zero-order chi connectivity index (χ0) is 27.7. The van der Waals surface area contributed by atoms with E-state index in [2.05, 4.69) is 20.7 Å². The third kappa shape index (κ3) is 5.89. The van der Waals surface area contributed by atoms with Crippen LogP contribution in [0.5, 0.6) is 5.75 Å². The number of benzene rings is 2. The fraction of sp³-hybridized carbons (Fsp3) is 0.345. The molecule has 0 radical (unpaired) electrons. The van der Waals surface area contributed by atoms with E-state index in [0.29, 0.717) is 43.1 Å². The van der Waals surface area contributed by atoms with Gasteiger partial charge in [0, 0.05) is 73.9 Å². The van der Waals surface area contributed by atoms with Crippen molar-refractivity contribution >= 4 is 34.3 Å². The van der Waals surface area contributed by atoms with Gasteiger partial charge in [-0.15, -0.1) is 0 Å². The number of fused-ring (bicyclic) bond motifs is 1. The molecule has 1 saturated heterocycles. The van der Waals surface area contributed by atoms with Crippen LogP contribution in [-0.4, -0.2) is 50.8 Å². The Kier molecular flexibility index (Phi) is 7.03. The number of carbonyl (C=O) groups is 2. The van der Waals surface area contributed by atoms with Crippen molar-refractivity contribution in [3.8, 4) is 5.75 Å². The molecule has 0 saturated carbocycles. The van der Waals surface area contributed by atoms with E-state index in [1.165, 1.54) is 12.1 Å². The van der Waals surface area contributed by atoms with Crippen molar-refractivity contribution in [1.82, 2.24) is 19.7 Å². The molecule has 2 aromatic heterocycles. The highest BCUT2D eigenvalue weighted by molar-refractivity contribution is 6.05. The number of rotatable bonds is 5. The zero-order valence-corrected chi connectivity index (χ0v) is 22.5. The number of para-hydroxylation sites is 1. The van der Waals surface area contributed by atoms with Gasteiger partial charge in [0.25, 0.3) is 5.91 Å². The molecule has 3 heterocycles. The van der Waals surface area contributed by atoms with Crippen LogP contribution in [0.25, 0.3) is 10.9 Å². The summed E-state index contributed by atoms with van der Waals surface area (Å²) in [6, 6.07) is 13.1. The van der Waals surface area contributed by atoms with E-state index in [9.17, 15) is 14.0 Å². The smallest absolute Gasteiger partial charge is 0.324 e. The van der Waals surface area contributed by atoms with Crippen molar-refractivity contribution in [3.05, 3.63) is 71.8 Å². The molecule has 2 aromatic carbocycles. The fourth-order valence-corrected chi connectivity index (χ4v) is 4.74. The lowest BCUT2D eigenvalue weighted by molar-refractivity contribution is 0.0597. The molecule has 1 aliphatic heterocycles. The quantitative estimate of drug-likeness (QED) is 0.308. The molecule has 4 aromatic rings. The maximum Gasteiger partial charge on any atom is 0.324 e. The molecule has 3 amide bonds. The highest BCUT2D eigenvalue weighted by Gasteiger charge is 2.26. The second-order valence-corrected chi connectivity index (χ2v) is 10.9. The number of ether oxygens (including phenoxy) is 1. The van der Waals surface area contributed by atoms with Gasteiger partial charge in [0.1, 0.15) is 23.5 Å². The third-order valence-corrected chi connectivity index (χ3v) is 6.87. The van der Waals surface area contributed by atoms with Gasteiger partial charge in [-0.1, -0.05) is 32.9 Å². The van der Waals surface area contributed by atoms with Crippen LogP contribution in [0.4, 0.5) is 20.7 Å². The number of aryl methyl sites for hydroxylation is 1. The number of hydrogen-bond donors (Lipinski definition) is 3. The molecule has 1 fully saturated rings. The minimum absolute atomic E-state index is 0.0206. The average Bonchev–Trinajstić information content (AvgIpc) is 3.50. The monoisotopic (exact) mass is 532 g/mol. The first-order valence-corrected chi connectivity index (χ1v) is 13.0. The predicted octanol–water partition coefficient (Wildman–Crippen LogP) is 5.67. The normalized spacial score (nSPS) is 14.4. The van der Waals surface area contributed by atoms with Crippen LogP contribution in [-0.2, 0) is 12.5 Å². The number of amides is 3. The highest BCUT2D eigenvalue weighted by atomic mass is 19.1. The van der Waals surface area contributed by atoms with Gasteiger partial charge in [0.05, 0.1) is 16.8 Å². The summed E-state index contributed by atoms with van der Waals surface area (Å²) in [6.07, 6.45) is 2.88. The Bertz CT molecular complexity index is 1510. The number of aromatic amines is 1. The largest absolute Gasteiger partial charge is 0.490 e.